The average Bonchev–Trinajstić information content (AvgIpc) is 3.03. The molecule has 0 aromatic carbocycles. The van der Waals surface area contributed by atoms with Crippen LogP contribution in [0.3, 0.4) is 0 Å². The summed E-state index contributed by atoms with van der Waals surface area (Å²) < 4.78 is 23.6. The molecule has 2 saturated heterocycles. The van der Waals surface area contributed by atoms with Crippen LogP contribution in [0.4, 0.5) is 0 Å². The lowest BCUT2D eigenvalue weighted by atomic mass is 9.43. The molecule has 5 aliphatic rings. The van der Waals surface area contributed by atoms with E-state index in [2.05, 4.69) is 13.8 Å². The fourth-order valence-corrected chi connectivity index (χ4v) is 9.59. The van der Waals surface area contributed by atoms with Gasteiger partial charge in [0.2, 0.25) is 0 Å². The van der Waals surface area contributed by atoms with E-state index in [9.17, 15) is 14.7 Å². The summed E-state index contributed by atoms with van der Waals surface area (Å²) in [7, 11) is 1.38. The molecule has 3 saturated carbocycles. The Morgan fingerprint density at radius 1 is 1.21 bits per heavy atom. The number of furan rings is 1. The molecule has 186 valence electrons. The first-order valence-corrected chi connectivity index (χ1v) is 12.5. The first-order chi connectivity index (χ1) is 15.9. The molecule has 0 amide bonds. The number of aliphatic hydroxyl groups is 1. The van der Waals surface area contributed by atoms with Gasteiger partial charge in [-0.3, -0.25) is 9.59 Å². The molecule has 6 rings (SSSR count). The van der Waals surface area contributed by atoms with E-state index in [1.165, 1.54) is 7.11 Å². The molecule has 10 unspecified atom stereocenters. The lowest BCUT2D eigenvalue weighted by Crippen LogP contribution is -2.69. The normalized spacial score (nSPS) is 52.4. The Kier molecular flexibility index (Phi) is 4.37. The fourth-order valence-electron chi connectivity index (χ4n) is 9.59. The zero-order chi connectivity index (χ0) is 24.5. The lowest BCUT2D eigenvalue weighted by molar-refractivity contribution is -0.202. The predicted octanol–water partition coefficient (Wildman–Crippen LogP) is 3.63. The Bertz CT molecular complexity index is 1040. The summed E-state index contributed by atoms with van der Waals surface area (Å²) in [5, 5.41) is 12.5. The molecule has 1 aromatic heterocycles. The third kappa shape index (κ3) is 2.35. The molecule has 7 nitrogen and oxygen atoms in total. The first kappa shape index (κ1) is 22.7. The van der Waals surface area contributed by atoms with Crippen LogP contribution in [0, 0.1) is 28.1 Å². The van der Waals surface area contributed by atoms with E-state index in [0.717, 1.165) is 18.4 Å². The molecule has 0 bridgehead atoms. The highest BCUT2D eigenvalue weighted by molar-refractivity contribution is 5.87. The van der Waals surface area contributed by atoms with Crippen molar-refractivity contribution in [1.82, 2.24) is 0 Å². The molecule has 1 spiro atoms. The van der Waals surface area contributed by atoms with Gasteiger partial charge >= 0.3 is 5.97 Å². The summed E-state index contributed by atoms with van der Waals surface area (Å²) in [6, 6.07) is 2.01. The molecule has 3 heterocycles. The van der Waals surface area contributed by atoms with Crippen molar-refractivity contribution in [2.24, 2.45) is 28.1 Å². The number of fused-ring (bicyclic) bond motifs is 3. The van der Waals surface area contributed by atoms with Gasteiger partial charge in [0.25, 0.3) is 0 Å². The van der Waals surface area contributed by atoms with Gasteiger partial charge in [-0.05, 0) is 43.2 Å². The van der Waals surface area contributed by atoms with Gasteiger partial charge in [-0.2, -0.15) is 0 Å². The standard InChI is InChI=1S/C27H36O7/c1-23(2)17(10-21(29)31-6)25(4)19(11-18(23)28)33-16-12-24(3)15(14-7-8-32-13-14)9-20-27(24,34-20)26(5,30)22(16)25/h7-8,13,15-17,19-20,22,30H,9-12H2,1-6H3. The number of methoxy groups -OCH3 is 1. The van der Waals surface area contributed by atoms with Gasteiger partial charge in [0.05, 0.1) is 43.5 Å². The molecule has 1 aromatic rings. The maximum absolute atomic E-state index is 13.3. The topological polar surface area (TPSA) is 98.5 Å². The van der Waals surface area contributed by atoms with E-state index in [0.29, 0.717) is 6.42 Å². The summed E-state index contributed by atoms with van der Waals surface area (Å²) in [4.78, 5) is 25.8. The molecule has 3 aliphatic carbocycles. The average molecular weight is 473 g/mol. The van der Waals surface area contributed by atoms with E-state index >= 15 is 0 Å². The zero-order valence-electron chi connectivity index (χ0n) is 20.9. The summed E-state index contributed by atoms with van der Waals surface area (Å²) in [5.41, 5.74) is -2.40. The van der Waals surface area contributed by atoms with E-state index in [4.69, 9.17) is 18.6 Å². The van der Waals surface area contributed by atoms with Crippen LogP contribution < -0.4 is 0 Å². The SMILES string of the molecule is COC(=O)CC1C(C)(C)C(=O)CC2OC3CC4(C)C(c5ccoc5)CC5OC54C(C)(O)C3C21C. The van der Waals surface area contributed by atoms with Crippen LogP contribution in [0.15, 0.2) is 23.0 Å². The summed E-state index contributed by atoms with van der Waals surface area (Å²) >= 11 is 0. The predicted molar refractivity (Wildman–Crippen MR) is 121 cm³/mol. The van der Waals surface area contributed by atoms with Crippen LogP contribution in [0.2, 0.25) is 0 Å². The minimum Gasteiger partial charge on any atom is -0.472 e. The van der Waals surface area contributed by atoms with Crippen molar-refractivity contribution in [2.75, 3.05) is 7.11 Å². The molecule has 7 heteroatoms. The maximum atomic E-state index is 13.3. The number of esters is 1. The Morgan fingerprint density at radius 3 is 2.59 bits per heavy atom. The Morgan fingerprint density at radius 2 is 1.94 bits per heavy atom. The van der Waals surface area contributed by atoms with Crippen LogP contribution >= 0.6 is 0 Å². The number of carbonyl (C=O) groups excluding carboxylic acids is 2. The van der Waals surface area contributed by atoms with Crippen molar-refractivity contribution >= 4 is 11.8 Å². The van der Waals surface area contributed by atoms with Crippen LogP contribution in [-0.4, -0.2) is 53.5 Å². The number of carbonyl (C=O) groups is 2. The lowest BCUT2D eigenvalue weighted by Gasteiger charge is -2.60. The molecular formula is C27H36O7. The molecular weight excluding hydrogens is 436 g/mol. The second-order valence-corrected chi connectivity index (χ2v) is 12.6. The minimum atomic E-state index is -1.19. The number of ketones is 1. The van der Waals surface area contributed by atoms with E-state index < -0.39 is 22.0 Å². The Labute approximate surface area is 200 Å². The highest BCUT2D eigenvalue weighted by atomic mass is 16.6. The summed E-state index contributed by atoms with van der Waals surface area (Å²) in [5.74, 6) is -0.627. The molecule has 34 heavy (non-hydrogen) atoms. The quantitative estimate of drug-likeness (QED) is 0.530. The van der Waals surface area contributed by atoms with Crippen molar-refractivity contribution in [3.05, 3.63) is 24.2 Å². The van der Waals surface area contributed by atoms with Crippen LogP contribution in [0.5, 0.6) is 0 Å². The van der Waals surface area contributed by atoms with Gasteiger partial charge in [0.15, 0.2) is 0 Å². The highest BCUT2D eigenvalue weighted by Crippen LogP contribution is 2.79. The number of rotatable bonds is 3. The molecule has 5 fully saturated rings. The maximum Gasteiger partial charge on any atom is 0.305 e. The number of hydrogen-bond donors (Lipinski definition) is 1. The molecule has 0 radical (unpaired) electrons. The number of Topliss-reactive ketones (excluding diaryl/α,β-unsaturated/α-hetero) is 1. The second-order valence-electron chi connectivity index (χ2n) is 12.6. The van der Waals surface area contributed by atoms with E-state index in [1.54, 1.807) is 12.5 Å². The van der Waals surface area contributed by atoms with E-state index in [-0.39, 0.29) is 59.7 Å². The number of epoxide rings is 1. The monoisotopic (exact) mass is 472 g/mol. The van der Waals surface area contributed by atoms with Crippen molar-refractivity contribution in [1.29, 1.82) is 0 Å². The van der Waals surface area contributed by atoms with Gasteiger partial charge in [0, 0.05) is 35.0 Å². The smallest absolute Gasteiger partial charge is 0.305 e. The van der Waals surface area contributed by atoms with Gasteiger partial charge in [-0.25, -0.2) is 0 Å². The highest BCUT2D eigenvalue weighted by Gasteiger charge is 2.88. The number of hydrogen-bond acceptors (Lipinski definition) is 7. The largest absolute Gasteiger partial charge is 0.472 e. The van der Waals surface area contributed by atoms with Crippen molar-refractivity contribution < 1.29 is 33.3 Å². The Balaban J connectivity index is 1.47. The summed E-state index contributed by atoms with van der Waals surface area (Å²) in [6.45, 7) is 10.1. The third-order valence-electron chi connectivity index (χ3n) is 11.1. The van der Waals surface area contributed by atoms with Crippen LogP contribution in [0.1, 0.15) is 71.8 Å². The van der Waals surface area contributed by atoms with Gasteiger partial charge < -0.3 is 23.7 Å². The number of ether oxygens (including phenoxy) is 3. The first-order valence-electron chi connectivity index (χ1n) is 12.5. The molecule has 2 aliphatic heterocycles. The minimum absolute atomic E-state index is 0.0340. The van der Waals surface area contributed by atoms with Crippen molar-refractivity contribution in [3.63, 3.8) is 0 Å². The van der Waals surface area contributed by atoms with Gasteiger partial charge in [-0.1, -0.05) is 27.7 Å². The van der Waals surface area contributed by atoms with Gasteiger partial charge in [-0.15, -0.1) is 0 Å². The molecule has 1 N–H and O–H groups in total. The second kappa shape index (κ2) is 6.54. The van der Waals surface area contributed by atoms with Crippen LogP contribution in [-0.2, 0) is 23.8 Å². The fraction of sp³-hybridized carbons (Fsp3) is 0.778. The van der Waals surface area contributed by atoms with Crippen LogP contribution in [0.25, 0.3) is 0 Å². The van der Waals surface area contributed by atoms with Crippen molar-refractivity contribution in [2.45, 2.75) is 95.7 Å². The van der Waals surface area contributed by atoms with E-state index in [1.807, 2.05) is 26.8 Å². The Hall–Kier alpha value is -1.70. The third-order valence-corrected chi connectivity index (χ3v) is 11.1. The molecule has 10 atom stereocenters. The zero-order valence-corrected chi connectivity index (χ0v) is 20.9. The summed E-state index contributed by atoms with van der Waals surface area (Å²) in [6.07, 6.45) is 4.86. The van der Waals surface area contributed by atoms with Gasteiger partial charge in [0.1, 0.15) is 11.4 Å². The van der Waals surface area contributed by atoms with Crippen molar-refractivity contribution in [3.8, 4) is 0 Å².